The van der Waals surface area contributed by atoms with Crippen LogP contribution in [0.3, 0.4) is 0 Å². The number of hydrogen-bond acceptors (Lipinski definition) is 3. The molecule has 2 amide bonds. The van der Waals surface area contributed by atoms with Crippen molar-refractivity contribution in [2.75, 3.05) is 6.61 Å². The Morgan fingerprint density at radius 1 is 0.903 bits per heavy atom. The molecule has 0 heterocycles. The van der Waals surface area contributed by atoms with Gasteiger partial charge in [-0.2, -0.15) is 0 Å². The van der Waals surface area contributed by atoms with Crippen molar-refractivity contribution in [2.24, 2.45) is 0 Å². The average molecular weight is 437 g/mol. The molecule has 0 aliphatic carbocycles. The lowest BCUT2D eigenvalue weighted by atomic mass is 10.1. The molecule has 0 saturated carbocycles. The minimum absolute atomic E-state index is 0.215. The van der Waals surface area contributed by atoms with E-state index in [1.54, 1.807) is 31.2 Å². The first-order chi connectivity index (χ1) is 15.0. The van der Waals surface area contributed by atoms with E-state index in [2.05, 4.69) is 5.32 Å². The van der Waals surface area contributed by atoms with E-state index < -0.39 is 6.04 Å². The van der Waals surface area contributed by atoms with Crippen LogP contribution in [0.2, 0.25) is 5.02 Å². The second-order valence-electron chi connectivity index (χ2n) is 7.11. The summed E-state index contributed by atoms with van der Waals surface area (Å²) >= 11 is 6.12. The lowest BCUT2D eigenvalue weighted by Crippen LogP contribution is -2.48. The van der Waals surface area contributed by atoms with Gasteiger partial charge >= 0.3 is 0 Å². The molecule has 3 aromatic carbocycles. The highest BCUT2D eigenvalue weighted by Gasteiger charge is 2.26. The number of carbonyl (C=O) groups is 2. The molecule has 160 valence electrons. The van der Waals surface area contributed by atoms with Gasteiger partial charge < -0.3 is 15.0 Å². The van der Waals surface area contributed by atoms with Gasteiger partial charge in [-0.3, -0.25) is 9.59 Å². The Kier molecular flexibility index (Phi) is 8.07. The molecule has 31 heavy (non-hydrogen) atoms. The van der Waals surface area contributed by atoms with Crippen LogP contribution in [0.4, 0.5) is 0 Å². The van der Waals surface area contributed by atoms with Crippen LogP contribution in [0.1, 0.15) is 18.1 Å². The van der Waals surface area contributed by atoms with Crippen molar-refractivity contribution >= 4 is 23.4 Å². The van der Waals surface area contributed by atoms with Crippen LogP contribution in [0.5, 0.6) is 5.75 Å². The van der Waals surface area contributed by atoms with Crippen LogP contribution in [-0.4, -0.2) is 29.4 Å². The zero-order chi connectivity index (χ0) is 22.1. The number of amides is 2. The smallest absolute Gasteiger partial charge is 0.261 e. The molecule has 0 aromatic heterocycles. The number of nitrogens with zero attached hydrogens (tertiary/aromatic N) is 1. The van der Waals surface area contributed by atoms with E-state index in [0.29, 0.717) is 23.9 Å². The van der Waals surface area contributed by atoms with Crippen LogP contribution in [0.25, 0.3) is 0 Å². The Morgan fingerprint density at radius 2 is 1.48 bits per heavy atom. The van der Waals surface area contributed by atoms with Gasteiger partial charge in [0.1, 0.15) is 11.8 Å². The summed E-state index contributed by atoms with van der Waals surface area (Å²) in [6, 6.07) is 25.5. The molecule has 0 spiro atoms. The molecule has 0 radical (unpaired) electrons. The maximum absolute atomic E-state index is 13.0. The van der Waals surface area contributed by atoms with Gasteiger partial charge in [0.2, 0.25) is 5.91 Å². The minimum Gasteiger partial charge on any atom is -0.482 e. The van der Waals surface area contributed by atoms with E-state index >= 15 is 0 Å². The predicted octanol–water partition coefficient (Wildman–Crippen LogP) is 4.45. The molecular weight excluding hydrogens is 412 g/mol. The van der Waals surface area contributed by atoms with Gasteiger partial charge in [0.25, 0.3) is 5.91 Å². The van der Waals surface area contributed by atoms with Crippen LogP contribution < -0.4 is 10.1 Å². The van der Waals surface area contributed by atoms with Crippen molar-refractivity contribution in [3.05, 3.63) is 101 Å². The first-order valence-electron chi connectivity index (χ1n) is 10.1. The summed E-state index contributed by atoms with van der Waals surface area (Å²) in [5.74, 6) is -0.102. The number of ether oxygens (including phenoxy) is 1. The Labute approximate surface area is 187 Å². The summed E-state index contributed by atoms with van der Waals surface area (Å²) in [6.07, 6.45) is 0. The molecule has 0 aliphatic rings. The molecule has 1 atom stereocenters. The molecule has 0 unspecified atom stereocenters. The van der Waals surface area contributed by atoms with Crippen molar-refractivity contribution in [1.29, 1.82) is 0 Å². The molecule has 0 bridgehead atoms. The van der Waals surface area contributed by atoms with Gasteiger partial charge in [-0.25, -0.2) is 0 Å². The maximum Gasteiger partial charge on any atom is 0.261 e. The van der Waals surface area contributed by atoms with Crippen molar-refractivity contribution in [3.63, 3.8) is 0 Å². The van der Waals surface area contributed by atoms with Crippen LogP contribution in [0.15, 0.2) is 84.9 Å². The highest BCUT2D eigenvalue weighted by atomic mass is 35.5. The van der Waals surface area contributed by atoms with Crippen molar-refractivity contribution in [1.82, 2.24) is 10.2 Å². The largest absolute Gasteiger partial charge is 0.482 e. The summed E-state index contributed by atoms with van der Waals surface area (Å²) in [5.41, 5.74) is 1.92. The number of para-hydroxylation sites is 1. The van der Waals surface area contributed by atoms with Gasteiger partial charge in [0, 0.05) is 13.1 Å². The Bertz CT molecular complexity index is 996. The van der Waals surface area contributed by atoms with E-state index in [1.165, 1.54) is 4.90 Å². The standard InChI is InChI=1S/C25H25ClN2O3/c1-19(25(30)27-16-20-10-4-2-5-11-20)28(17-21-12-6-3-7-13-21)24(29)18-31-23-15-9-8-14-22(23)26/h2-15,19H,16-18H2,1H3,(H,27,30)/t19-/m1/s1. The predicted molar refractivity (Wildman–Crippen MR) is 122 cm³/mol. The maximum atomic E-state index is 13.0. The average Bonchev–Trinajstić information content (AvgIpc) is 2.81. The summed E-state index contributed by atoms with van der Waals surface area (Å²) in [4.78, 5) is 27.4. The first kappa shape index (κ1) is 22.4. The lowest BCUT2D eigenvalue weighted by Gasteiger charge is -2.28. The second kappa shape index (κ2) is 11.2. The van der Waals surface area contributed by atoms with Gasteiger partial charge in [0.05, 0.1) is 5.02 Å². The van der Waals surface area contributed by atoms with Gasteiger partial charge in [-0.05, 0) is 30.2 Å². The molecule has 5 nitrogen and oxygen atoms in total. The molecule has 3 rings (SSSR count). The molecule has 0 aliphatic heterocycles. The van der Waals surface area contributed by atoms with Gasteiger partial charge in [-0.1, -0.05) is 84.4 Å². The highest BCUT2D eigenvalue weighted by Crippen LogP contribution is 2.23. The molecule has 6 heteroatoms. The SMILES string of the molecule is C[C@H](C(=O)NCc1ccccc1)N(Cc1ccccc1)C(=O)COc1ccccc1Cl. The van der Waals surface area contributed by atoms with Crippen LogP contribution >= 0.6 is 11.6 Å². The molecule has 0 saturated heterocycles. The molecule has 1 N–H and O–H groups in total. The third-order valence-electron chi connectivity index (χ3n) is 4.86. The third-order valence-corrected chi connectivity index (χ3v) is 5.17. The zero-order valence-electron chi connectivity index (χ0n) is 17.3. The van der Waals surface area contributed by atoms with Crippen LogP contribution in [-0.2, 0) is 22.7 Å². The van der Waals surface area contributed by atoms with Gasteiger partial charge in [0.15, 0.2) is 6.61 Å². The fraction of sp³-hybridized carbons (Fsp3) is 0.200. The Morgan fingerprint density at radius 3 is 2.13 bits per heavy atom. The normalized spacial score (nSPS) is 11.4. The fourth-order valence-electron chi connectivity index (χ4n) is 3.08. The third kappa shape index (κ3) is 6.59. The first-order valence-corrected chi connectivity index (χ1v) is 10.4. The summed E-state index contributed by atoms with van der Waals surface area (Å²) < 4.78 is 5.62. The number of halogens is 1. The number of benzene rings is 3. The van der Waals surface area contributed by atoms with E-state index in [9.17, 15) is 9.59 Å². The van der Waals surface area contributed by atoms with E-state index in [4.69, 9.17) is 16.3 Å². The van der Waals surface area contributed by atoms with E-state index in [-0.39, 0.29) is 18.4 Å². The molecule has 3 aromatic rings. The summed E-state index contributed by atoms with van der Waals surface area (Å²) in [7, 11) is 0. The topological polar surface area (TPSA) is 58.6 Å². The number of nitrogens with one attached hydrogen (secondary N) is 1. The monoisotopic (exact) mass is 436 g/mol. The molecular formula is C25H25ClN2O3. The number of hydrogen-bond donors (Lipinski definition) is 1. The summed E-state index contributed by atoms with van der Waals surface area (Å²) in [6.45, 7) is 2.20. The minimum atomic E-state index is -0.675. The number of rotatable bonds is 9. The Hall–Kier alpha value is -3.31. The summed E-state index contributed by atoms with van der Waals surface area (Å²) in [5, 5.41) is 3.34. The van der Waals surface area contributed by atoms with E-state index in [0.717, 1.165) is 11.1 Å². The van der Waals surface area contributed by atoms with Gasteiger partial charge in [-0.15, -0.1) is 0 Å². The lowest BCUT2D eigenvalue weighted by molar-refractivity contribution is -0.142. The van der Waals surface area contributed by atoms with Crippen molar-refractivity contribution in [2.45, 2.75) is 26.1 Å². The van der Waals surface area contributed by atoms with E-state index in [1.807, 2.05) is 60.7 Å². The fourth-order valence-corrected chi connectivity index (χ4v) is 3.27. The highest BCUT2D eigenvalue weighted by molar-refractivity contribution is 6.32. The Balaban J connectivity index is 1.69. The van der Waals surface area contributed by atoms with Crippen molar-refractivity contribution in [3.8, 4) is 5.75 Å². The molecule has 0 fully saturated rings. The number of carbonyl (C=O) groups excluding carboxylic acids is 2. The second-order valence-corrected chi connectivity index (χ2v) is 7.51. The van der Waals surface area contributed by atoms with Crippen LogP contribution in [0, 0.1) is 0 Å². The zero-order valence-corrected chi connectivity index (χ0v) is 18.1. The van der Waals surface area contributed by atoms with Crippen molar-refractivity contribution < 1.29 is 14.3 Å². The quantitative estimate of drug-likeness (QED) is 0.539.